The minimum Gasteiger partial charge on any atom is -0.465 e. The molecule has 112 valence electrons. The van der Waals surface area contributed by atoms with E-state index in [1.807, 2.05) is 18.7 Å². The van der Waals surface area contributed by atoms with E-state index in [1.54, 1.807) is 0 Å². The van der Waals surface area contributed by atoms with Crippen LogP contribution < -0.4 is 5.32 Å². The number of carbonyl (C=O) groups excluding carboxylic acids is 1. The fourth-order valence-electron chi connectivity index (χ4n) is 2.78. The van der Waals surface area contributed by atoms with Crippen LogP contribution in [-0.4, -0.2) is 35.2 Å². The molecule has 0 saturated heterocycles. The van der Waals surface area contributed by atoms with E-state index in [2.05, 4.69) is 26.1 Å². The first kappa shape index (κ1) is 16.8. The summed E-state index contributed by atoms with van der Waals surface area (Å²) in [7, 11) is 0. The quantitative estimate of drug-likeness (QED) is 0.729. The number of nitrogens with one attached hydrogen (secondary N) is 1. The molecule has 1 saturated carbocycles. The van der Waals surface area contributed by atoms with E-state index in [4.69, 9.17) is 4.74 Å². The molecule has 4 heteroatoms. The average molecular weight is 287 g/mol. The third-order valence-corrected chi connectivity index (χ3v) is 4.88. The van der Waals surface area contributed by atoms with Crippen LogP contribution in [0.1, 0.15) is 59.8 Å². The predicted molar refractivity (Wildman–Crippen MR) is 82.6 cm³/mol. The van der Waals surface area contributed by atoms with E-state index in [1.165, 1.54) is 6.42 Å². The summed E-state index contributed by atoms with van der Waals surface area (Å²) in [5.74, 6) is -0.0440. The molecule has 1 aliphatic rings. The molecule has 19 heavy (non-hydrogen) atoms. The van der Waals surface area contributed by atoms with E-state index in [0.29, 0.717) is 17.1 Å². The summed E-state index contributed by atoms with van der Waals surface area (Å²) < 4.78 is 5.32. The Bertz CT molecular complexity index is 283. The highest BCUT2D eigenvalue weighted by atomic mass is 32.2. The summed E-state index contributed by atoms with van der Waals surface area (Å²) >= 11 is 2.00. The molecule has 2 unspecified atom stereocenters. The fourth-order valence-corrected chi connectivity index (χ4v) is 4.23. The van der Waals surface area contributed by atoms with Crippen molar-refractivity contribution in [3.63, 3.8) is 0 Å². The van der Waals surface area contributed by atoms with E-state index < -0.39 is 5.54 Å². The molecule has 0 heterocycles. The molecule has 0 aromatic heterocycles. The lowest BCUT2D eigenvalue weighted by Gasteiger charge is -2.39. The highest BCUT2D eigenvalue weighted by Crippen LogP contribution is 2.37. The van der Waals surface area contributed by atoms with Gasteiger partial charge in [0.05, 0.1) is 6.61 Å². The van der Waals surface area contributed by atoms with Gasteiger partial charge in [0.2, 0.25) is 0 Å². The van der Waals surface area contributed by atoms with Crippen LogP contribution in [0.3, 0.4) is 0 Å². The number of ether oxygens (including phenoxy) is 1. The topological polar surface area (TPSA) is 38.3 Å². The highest BCUT2D eigenvalue weighted by molar-refractivity contribution is 8.00. The Morgan fingerprint density at radius 3 is 2.79 bits per heavy atom. The molecule has 0 radical (unpaired) electrons. The molecule has 0 aromatic carbocycles. The largest absolute Gasteiger partial charge is 0.465 e. The summed E-state index contributed by atoms with van der Waals surface area (Å²) in [5, 5.41) is 4.68. The third kappa shape index (κ3) is 4.99. The van der Waals surface area contributed by atoms with Crippen LogP contribution in [0, 0.1) is 0 Å². The second-order valence-corrected chi connectivity index (χ2v) is 7.51. The number of carbonyl (C=O) groups is 1. The Morgan fingerprint density at radius 2 is 2.21 bits per heavy atom. The minimum absolute atomic E-state index is 0.0440. The Labute approximate surface area is 122 Å². The molecule has 0 aliphatic heterocycles. The summed E-state index contributed by atoms with van der Waals surface area (Å²) in [6.07, 6.45) is 5.20. The molecule has 0 amide bonds. The van der Waals surface area contributed by atoms with Gasteiger partial charge in [-0.05, 0) is 50.8 Å². The van der Waals surface area contributed by atoms with Gasteiger partial charge in [-0.15, -0.1) is 0 Å². The summed E-state index contributed by atoms with van der Waals surface area (Å²) in [6, 6.07) is 0. The van der Waals surface area contributed by atoms with Crippen molar-refractivity contribution < 1.29 is 9.53 Å². The number of thioether (sulfide) groups is 1. The monoisotopic (exact) mass is 287 g/mol. The van der Waals surface area contributed by atoms with Gasteiger partial charge < -0.3 is 10.1 Å². The number of esters is 1. The van der Waals surface area contributed by atoms with Crippen molar-refractivity contribution in [2.75, 3.05) is 13.2 Å². The Hall–Kier alpha value is -0.220. The summed E-state index contributed by atoms with van der Waals surface area (Å²) in [5.41, 5.74) is -0.434. The zero-order valence-corrected chi connectivity index (χ0v) is 13.6. The first-order valence-electron chi connectivity index (χ1n) is 7.61. The predicted octanol–water partition coefficient (Wildman–Crippen LogP) is 3.37. The maximum Gasteiger partial charge on any atom is 0.326 e. The SMILES string of the molecule is CCCNC1(C(=O)OCC)CCCC(SC(C)C)C1. The molecule has 2 atom stereocenters. The first-order valence-corrected chi connectivity index (χ1v) is 8.56. The maximum atomic E-state index is 12.4. The molecule has 1 fully saturated rings. The fraction of sp³-hybridized carbons (Fsp3) is 0.933. The lowest BCUT2D eigenvalue weighted by molar-refractivity contribution is -0.152. The number of hydrogen-bond acceptors (Lipinski definition) is 4. The van der Waals surface area contributed by atoms with Crippen molar-refractivity contribution in [2.24, 2.45) is 0 Å². The summed E-state index contributed by atoms with van der Waals surface area (Å²) in [6.45, 7) is 9.83. The first-order chi connectivity index (χ1) is 9.04. The molecule has 1 N–H and O–H groups in total. The van der Waals surface area contributed by atoms with Crippen molar-refractivity contribution in [1.29, 1.82) is 0 Å². The second-order valence-electron chi connectivity index (χ2n) is 5.63. The molecule has 0 bridgehead atoms. The smallest absolute Gasteiger partial charge is 0.326 e. The van der Waals surface area contributed by atoms with Crippen LogP contribution in [0.5, 0.6) is 0 Å². The molecular weight excluding hydrogens is 258 g/mol. The molecule has 0 aromatic rings. The van der Waals surface area contributed by atoms with Crippen molar-refractivity contribution in [2.45, 2.75) is 75.8 Å². The van der Waals surface area contributed by atoms with E-state index in [9.17, 15) is 4.79 Å². The number of rotatable bonds is 7. The van der Waals surface area contributed by atoms with Crippen LogP contribution in [0.15, 0.2) is 0 Å². The molecule has 1 aliphatic carbocycles. The molecular formula is C15H29NO2S. The minimum atomic E-state index is -0.434. The van der Waals surface area contributed by atoms with Gasteiger partial charge in [0.1, 0.15) is 5.54 Å². The standard InChI is InChI=1S/C15H29NO2S/c1-5-10-16-15(14(17)18-6-2)9-7-8-13(11-15)19-12(3)4/h12-13,16H,5-11H2,1-4H3. The zero-order chi connectivity index (χ0) is 14.3. The van der Waals surface area contributed by atoms with Crippen molar-refractivity contribution in [3.8, 4) is 0 Å². The van der Waals surface area contributed by atoms with E-state index in [-0.39, 0.29) is 5.97 Å². The second kappa shape index (κ2) is 8.15. The van der Waals surface area contributed by atoms with Gasteiger partial charge in [-0.3, -0.25) is 4.79 Å². The lowest BCUT2D eigenvalue weighted by atomic mass is 9.81. The maximum absolute atomic E-state index is 12.4. The zero-order valence-electron chi connectivity index (χ0n) is 12.8. The van der Waals surface area contributed by atoms with Gasteiger partial charge in [0.15, 0.2) is 0 Å². The average Bonchev–Trinajstić information content (AvgIpc) is 2.36. The third-order valence-electron chi connectivity index (χ3n) is 3.55. The Kier molecular flexibility index (Phi) is 7.22. The van der Waals surface area contributed by atoms with Crippen molar-refractivity contribution in [3.05, 3.63) is 0 Å². The number of hydrogen-bond donors (Lipinski definition) is 1. The van der Waals surface area contributed by atoms with Gasteiger partial charge in [0.25, 0.3) is 0 Å². The molecule has 0 spiro atoms. The highest BCUT2D eigenvalue weighted by Gasteiger charge is 2.43. The van der Waals surface area contributed by atoms with Crippen LogP contribution in [0.2, 0.25) is 0 Å². The van der Waals surface area contributed by atoms with Crippen molar-refractivity contribution in [1.82, 2.24) is 5.32 Å². The van der Waals surface area contributed by atoms with Gasteiger partial charge in [-0.1, -0.05) is 20.8 Å². The molecule has 1 rings (SSSR count). The van der Waals surface area contributed by atoms with Crippen LogP contribution >= 0.6 is 11.8 Å². The van der Waals surface area contributed by atoms with Crippen molar-refractivity contribution >= 4 is 17.7 Å². The normalized spacial score (nSPS) is 27.5. The van der Waals surface area contributed by atoms with E-state index >= 15 is 0 Å². The van der Waals surface area contributed by atoms with Crippen LogP contribution in [0.25, 0.3) is 0 Å². The molecule has 3 nitrogen and oxygen atoms in total. The van der Waals surface area contributed by atoms with Crippen LogP contribution in [0.4, 0.5) is 0 Å². The van der Waals surface area contributed by atoms with Crippen LogP contribution in [-0.2, 0) is 9.53 Å². The Morgan fingerprint density at radius 1 is 1.47 bits per heavy atom. The van der Waals surface area contributed by atoms with Gasteiger partial charge in [0, 0.05) is 5.25 Å². The van der Waals surface area contributed by atoms with Gasteiger partial charge in [-0.2, -0.15) is 11.8 Å². The lowest BCUT2D eigenvalue weighted by Crippen LogP contribution is -2.56. The van der Waals surface area contributed by atoms with Gasteiger partial charge in [-0.25, -0.2) is 0 Å². The Balaban J connectivity index is 2.74. The summed E-state index contributed by atoms with van der Waals surface area (Å²) in [4.78, 5) is 12.4. The van der Waals surface area contributed by atoms with E-state index in [0.717, 1.165) is 32.2 Å². The van der Waals surface area contributed by atoms with Gasteiger partial charge >= 0.3 is 5.97 Å².